The molecule has 2 aromatic rings. The van der Waals surface area contributed by atoms with Gasteiger partial charge in [0.05, 0.1) is 28.5 Å². The predicted molar refractivity (Wildman–Crippen MR) is 78.4 cm³/mol. The van der Waals surface area contributed by atoms with Gasteiger partial charge in [-0.1, -0.05) is 0 Å². The van der Waals surface area contributed by atoms with E-state index in [1.54, 1.807) is 12.1 Å². The van der Waals surface area contributed by atoms with Crippen LogP contribution in [0.25, 0.3) is 0 Å². The Kier molecular flexibility index (Phi) is 4.74. The van der Waals surface area contributed by atoms with E-state index in [0.29, 0.717) is 21.5 Å². The topological polar surface area (TPSA) is 74.4 Å². The number of hydrogen-bond donors (Lipinski definition) is 1. The SMILES string of the molecule is COC(=O)c1ccc(COc2c(N)cc(F)cc2Br)nc1. The van der Waals surface area contributed by atoms with Gasteiger partial charge in [0, 0.05) is 12.3 Å². The van der Waals surface area contributed by atoms with Crippen molar-refractivity contribution in [2.75, 3.05) is 12.8 Å². The van der Waals surface area contributed by atoms with Crippen molar-refractivity contribution < 1.29 is 18.7 Å². The summed E-state index contributed by atoms with van der Waals surface area (Å²) in [7, 11) is 1.30. The van der Waals surface area contributed by atoms with Gasteiger partial charge in [-0.25, -0.2) is 9.18 Å². The molecule has 0 aliphatic heterocycles. The lowest BCUT2D eigenvalue weighted by Gasteiger charge is -2.11. The number of halogens is 2. The fraction of sp³-hybridized carbons (Fsp3) is 0.143. The molecule has 5 nitrogen and oxygen atoms in total. The largest absolute Gasteiger partial charge is 0.484 e. The molecule has 1 heterocycles. The molecule has 1 aromatic carbocycles. The molecule has 2 rings (SSSR count). The fourth-order valence-corrected chi connectivity index (χ4v) is 2.19. The van der Waals surface area contributed by atoms with Gasteiger partial charge in [-0.2, -0.15) is 0 Å². The number of anilines is 1. The highest BCUT2D eigenvalue weighted by atomic mass is 79.9. The summed E-state index contributed by atoms with van der Waals surface area (Å²) >= 11 is 3.18. The Morgan fingerprint density at radius 3 is 2.76 bits per heavy atom. The van der Waals surface area contributed by atoms with Gasteiger partial charge in [-0.15, -0.1) is 0 Å². The zero-order valence-electron chi connectivity index (χ0n) is 11.1. The predicted octanol–water partition coefficient (Wildman–Crippen LogP) is 2.93. The average molecular weight is 355 g/mol. The van der Waals surface area contributed by atoms with Crippen LogP contribution in [0.2, 0.25) is 0 Å². The van der Waals surface area contributed by atoms with Gasteiger partial charge in [-0.05, 0) is 34.1 Å². The maximum Gasteiger partial charge on any atom is 0.339 e. The van der Waals surface area contributed by atoms with E-state index in [9.17, 15) is 9.18 Å². The lowest BCUT2D eigenvalue weighted by Crippen LogP contribution is -2.05. The number of nitrogens with two attached hydrogens (primary N) is 1. The van der Waals surface area contributed by atoms with Crippen LogP contribution in [0.4, 0.5) is 10.1 Å². The number of aromatic nitrogens is 1. The first-order valence-electron chi connectivity index (χ1n) is 5.92. The molecule has 0 radical (unpaired) electrons. The van der Waals surface area contributed by atoms with Crippen LogP contribution in [-0.4, -0.2) is 18.1 Å². The average Bonchev–Trinajstić information content (AvgIpc) is 2.46. The van der Waals surface area contributed by atoms with E-state index < -0.39 is 11.8 Å². The maximum absolute atomic E-state index is 13.1. The van der Waals surface area contributed by atoms with Gasteiger partial charge in [-0.3, -0.25) is 4.98 Å². The number of ether oxygens (including phenoxy) is 2. The van der Waals surface area contributed by atoms with Crippen LogP contribution in [0, 0.1) is 5.82 Å². The standard InChI is InChI=1S/C14H12BrFN2O3/c1-20-14(19)8-2-3-10(18-6-8)7-21-13-11(15)4-9(16)5-12(13)17/h2-6H,7,17H2,1H3. The highest BCUT2D eigenvalue weighted by Gasteiger charge is 2.10. The minimum absolute atomic E-state index is 0.135. The van der Waals surface area contributed by atoms with Crippen LogP contribution in [-0.2, 0) is 11.3 Å². The Morgan fingerprint density at radius 2 is 2.19 bits per heavy atom. The summed E-state index contributed by atoms with van der Waals surface area (Å²) in [4.78, 5) is 15.4. The highest BCUT2D eigenvalue weighted by Crippen LogP contribution is 2.32. The summed E-state index contributed by atoms with van der Waals surface area (Å²) in [5, 5.41) is 0. The second-order valence-electron chi connectivity index (χ2n) is 4.12. The van der Waals surface area contributed by atoms with Crippen LogP contribution in [0.5, 0.6) is 5.75 Å². The minimum Gasteiger partial charge on any atom is -0.484 e. The minimum atomic E-state index is -0.458. The quantitative estimate of drug-likeness (QED) is 0.674. The zero-order valence-corrected chi connectivity index (χ0v) is 12.7. The number of pyridine rings is 1. The number of benzene rings is 1. The fourth-order valence-electron chi connectivity index (χ4n) is 1.63. The number of nitrogens with zero attached hydrogens (tertiary/aromatic N) is 1. The van der Waals surface area contributed by atoms with Crippen molar-refractivity contribution in [3.8, 4) is 5.75 Å². The molecular formula is C14H12BrFN2O3. The molecule has 0 amide bonds. The van der Waals surface area contributed by atoms with Gasteiger partial charge in [0.15, 0.2) is 5.75 Å². The maximum atomic E-state index is 13.1. The van der Waals surface area contributed by atoms with Crippen LogP contribution >= 0.6 is 15.9 Å². The van der Waals surface area contributed by atoms with E-state index in [4.69, 9.17) is 10.5 Å². The number of esters is 1. The Morgan fingerprint density at radius 1 is 1.43 bits per heavy atom. The molecule has 0 spiro atoms. The molecule has 110 valence electrons. The Hall–Kier alpha value is -2.15. The molecule has 0 saturated carbocycles. The van der Waals surface area contributed by atoms with Crippen molar-refractivity contribution in [1.82, 2.24) is 4.98 Å². The van der Waals surface area contributed by atoms with Gasteiger partial charge in [0.2, 0.25) is 0 Å². The third-order valence-electron chi connectivity index (χ3n) is 2.65. The molecule has 0 fully saturated rings. The molecule has 7 heteroatoms. The molecule has 2 N–H and O–H groups in total. The van der Waals surface area contributed by atoms with E-state index in [-0.39, 0.29) is 12.3 Å². The lowest BCUT2D eigenvalue weighted by atomic mass is 10.2. The molecule has 21 heavy (non-hydrogen) atoms. The Bertz CT molecular complexity index is 639. The summed E-state index contributed by atoms with van der Waals surface area (Å²) < 4.78 is 23.6. The monoisotopic (exact) mass is 354 g/mol. The molecular weight excluding hydrogens is 343 g/mol. The molecule has 0 bridgehead atoms. The van der Waals surface area contributed by atoms with E-state index in [0.717, 1.165) is 0 Å². The first-order valence-corrected chi connectivity index (χ1v) is 6.71. The van der Waals surface area contributed by atoms with Crippen molar-refractivity contribution >= 4 is 27.6 Å². The highest BCUT2D eigenvalue weighted by molar-refractivity contribution is 9.10. The summed E-state index contributed by atoms with van der Waals surface area (Å²) in [6.45, 7) is 0.135. The lowest BCUT2D eigenvalue weighted by molar-refractivity contribution is 0.0600. The number of rotatable bonds is 4. The first kappa shape index (κ1) is 15.2. The normalized spacial score (nSPS) is 10.2. The molecule has 0 unspecified atom stereocenters. The van der Waals surface area contributed by atoms with Crippen molar-refractivity contribution in [3.05, 3.63) is 52.0 Å². The molecule has 1 aromatic heterocycles. The van der Waals surface area contributed by atoms with Crippen molar-refractivity contribution in [1.29, 1.82) is 0 Å². The second kappa shape index (κ2) is 6.53. The summed E-state index contributed by atoms with van der Waals surface area (Å²) in [6.07, 6.45) is 1.40. The van der Waals surface area contributed by atoms with Gasteiger partial charge in [0.25, 0.3) is 0 Å². The van der Waals surface area contributed by atoms with Gasteiger partial charge < -0.3 is 15.2 Å². The van der Waals surface area contributed by atoms with Crippen LogP contribution < -0.4 is 10.5 Å². The third-order valence-corrected chi connectivity index (χ3v) is 3.24. The van der Waals surface area contributed by atoms with Crippen molar-refractivity contribution in [2.24, 2.45) is 0 Å². The third kappa shape index (κ3) is 3.69. The molecule has 0 atom stereocenters. The summed E-state index contributed by atoms with van der Waals surface area (Å²) in [6, 6.07) is 5.66. The first-order chi connectivity index (χ1) is 10.0. The molecule has 0 aliphatic rings. The van der Waals surface area contributed by atoms with Gasteiger partial charge in [0.1, 0.15) is 12.4 Å². The van der Waals surface area contributed by atoms with Crippen LogP contribution in [0.3, 0.4) is 0 Å². The van der Waals surface area contributed by atoms with Crippen LogP contribution in [0.1, 0.15) is 16.1 Å². The number of carbonyl (C=O) groups is 1. The zero-order chi connectivity index (χ0) is 15.4. The summed E-state index contributed by atoms with van der Waals surface area (Å²) in [5.74, 6) is -0.567. The Balaban J connectivity index is 2.08. The molecule has 0 aliphatic carbocycles. The molecule has 0 saturated heterocycles. The number of hydrogen-bond acceptors (Lipinski definition) is 5. The van der Waals surface area contributed by atoms with E-state index in [1.165, 1.54) is 25.4 Å². The number of nitrogen functional groups attached to an aromatic ring is 1. The van der Waals surface area contributed by atoms with E-state index in [1.807, 2.05) is 0 Å². The summed E-state index contributed by atoms with van der Waals surface area (Å²) in [5.41, 5.74) is 6.83. The number of carbonyl (C=O) groups excluding carboxylic acids is 1. The van der Waals surface area contributed by atoms with Gasteiger partial charge >= 0.3 is 5.97 Å². The van der Waals surface area contributed by atoms with E-state index >= 15 is 0 Å². The van der Waals surface area contributed by atoms with Crippen LogP contribution in [0.15, 0.2) is 34.9 Å². The number of methoxy groups -OCH3 is 1. The smallest absolute Gasteiger partial charge is 0.339 e. The van der Waals surface area contributed by atoms with Crippen molar-refractivity contribution in [2.45, 2.75) is 6.61 Å². The van der Waals surface area contributed by atoms with E-state index in [2.05, 4.69) is 25.7 Å². The Labute approximate surface area is 129 Å². The van der Waals surface area contributed by atoms with Crippen molar-refractivity contribution in [3.63, 3.8) is 0 Å². The second-order valence-corrected chi connectivity index (χ2v) is 4.98.